The Morgan fingerprint density at radius 3 is 2.31 bits per heavy atom. The summed E-state index contributed by atoms with van der Waals surface area (Å²) in [4.78, 5) is 10.5. The molecule has 1 amide bonds. The van der Waals surface area contributed by atoms with Gasteiger partial charge in [0.1, 0.15) is 0 Å². The summed E-state index contributed by atoms with van der Waals surface area (Å²) in [5, 5.41) is 9.82. The van der Waals surface area contributed by atoms with E-state index < -0.39 is 14.4 Å². The van der Waals surface area contributed by atoms with Crippen LogP contribution in [0.15, 0.2) is 0 Å². The minimum absolute atomic E-state index is 0.186. The van der Waals surface area contributed by atoms with Gasteiger partial charge in [0.05, 0.1) is 0 Å². The second-order valence-corrected chi connectivity index (χ2v) is 10.2. The van der Waals surface area contributed by atoms with Crippen LogP contribution >= 0.6 is 0 Å². The van der Waals surface area contributed by atoms with Gasteiger partial charge in [-0.25, -0.2) is 15.2 Å². The highest BCUT2D eigenvalue weighted by atomic mass is 28.4. The first-order chi connectivity index (χ1) is 7.08. The molecule has 2 N–H and O–H groups in total. The maximum Gasteiger partial charge on any atom is 0.421 e. The zero-order chi connectivity index (χ0) is 13.0. The Bertz CT molecular complexity index is 239. The molecule has 0 aromatic rings. The Morgan fingerprint density at radius 1 is 1.44 bits per heavy atom. The molecule has 0 aliphatic rings. The largest absolute Gasteiger partial charge is 0.464 e. The number of hydrogen-bond acceptors (Lipinski definition) is 3. The van der Waals surface area contributed by atoms with E-state index in [1.165, 1.54) is 7.05 Å². The predicted octanol–water partition coefficient (Wildman–Crippen LogP) is 2.12. The first-order valence-corrected chi connectivity index (χ1v) is 8.33. The van der Waals surface area contributed by atoms with Gasteiger partial charge in [-0.15, -0.1) is 0 Å². The number of nitrogens with one attached hydrogen (secondary N) is 1. The Kier molecular flexibility index (Phi) is 5.44. The summed E-state index contributed by atoms with van der Waals surface area (Å²) in [5.41, 5.74) is 2.74. The van der Waals surface area contributed by atoms with Crippen LogP contribution < -0.4 is 5.43 Å². The van der Waals surface area contributed by atoms with Crippen molar-refractivity contribution in [2.24, 2.45) is 0 Å². The fourth-order valence-electron chi connectivity index (χ4n) is 0.804. The van der Waals surface area contributed by atoms with E-state index in [2.05, 4.69) is 39.3 Å². The third-order valence-corrected chi connectivity index (χ3v) is 7.55. The van der Waals surface area contributed by atoms with Crippen molar-refractivity contribution in [1.29, 1.82) is 0 Å². The minimum atomic E-state index is -1.71. The minimum Gasteiger partial charge on any atom is -0.464 e. The number of carbonyl (C=O) groups is 1. The Morgan fingerprint density at radius 2 is 1.94 bits per heavy atom. The van der Waals surface area contributed by atoms with E-state index in [4.69, 9.17) is 9.53 Å². The van der Waals surface area contributed by atoms with Gasteiger partial charge in [-0.05, 0) is 18.1 Å². The van der Waals surface area contributed by atoms with Gasteiger partial charge in [0, 0.05) is 20.2 Å². The molecule has 0 heterocycles. The van der Waals surface area contributed by atoms with Crippen LogP contribution in [0.25, 0.3) is 0 Å². The molecular weight excluding hydrogens is 224 g/mol. The van der Waals surface area contributed by atoms with E-state index in [0.29, 0.717) is 13.2 Å². The molecule has 0 aromatic carbocycles. The van der Waals surface area contributed by atoms with Crippen LogP contribution in [0.4, 0.5) is 4.79 Å². The fraction of sp³-hybridized carbons (Fsp3) is 0.900. The first kappa shape index (κ1) is 15.4. The average Bonchev–Trinajstić information content (AvgIpc) is 2.09. The summed E-state index contributed by atoms with van der Waals surface area (Å²) in [6.07, 6.45) is -0.993. The van der Waals surface area contributed by atoms with Gasteiger partial charge < -0.3 is 9.53 Å². The lowest BCUT2D eigenvalue weighted by Gasteiger charge is -2.36. The van der Waals surface area contributed by atoms with Gasteiger partial charge in [0.2, 0.25) is 0 Å². The van der Waals surface area contributed by atoms with Gasteiger partial charge >= 0.3 is 6.09 Å². The first-order valence-electron chi connectivity index (χ1n) is 5.42. The Balaban J connectivity index is 3.87. The van der Waals surface area contributed by atoms with Gasteiger partial charge in [-0.3, -0.25) is 0 Å². The standard InChI is InChI=1S/C10H24N2O3Si/c1-10(2,3)16(5,6)15-8-7-11-12(4)9(13)14/h11H,7-8H2,1-6H3,(H,13,14). The van der Waals surface area contributed by atoms with Crippen LogP contribution in [-0.4, -0.2) is 44.7 Å². The molecule has 0 rings (SSSR count). The average molecular weight is 248 g/mol. The van der Waals surface area contributed by atoms with Crippen molar-refractivity contribution in [3.63, 3.8) is 0 Å². The third kappa shape index (κ3) is 4.96. The lowest BCUT2D eigenvalue weighted by atomic mass is 10.2. The SMILES string of the molecule is CN(NCCO[Si](C)(C)C(C)(C)C)C(=O)O. The summed E-state index contributed by atoms with van der Waals surface area (Å²) in [6.45, 7) is 11.9. The zero-order valence-corrected chi connectivity index (χ0v) is 12.1. The normalized spacial score (nSPS) is 12.6. The van der Waals surface area contributed by atoms with E-state index >= 15 is 0 Å². The monoisotopic (exact) mass is 248 g/mol. The smallest absolute Gasteiger partial charge is 0.421 e. The summed E-state index contributed by atoms with van der Waals surface area (Å²) in [5.74, 6) is 0. The quantitative estimate of drug-likeness (QED) is 0.444. The molecule has 0 bridgehead atoms. The van der Waals surface area contributed by atoms with Crippen molar-refractivity contribution in [1.82, 2.24) is 10.4 Å². The molecule has 0 aliphatic carbocycles. The maximum absolute atomic E-state index is 10.5. The molecule has 0 unspecified atom stereocenters. The number of carboxylic acid groups (broad SMARTS) is 1. The van der Waals surface area contributed by atoms with Crippen LogP contribution in [0.2, 0.25) is 18.1 Å². The number of amides is 1. The maximum atomic E-state index is 10.5. The van der Waals surface area contributed by atoms with Gasteiger partial charge in [0.25, 0.3) is 0 Å². The molecule has 0 saturated heterocycles. The molecule has 0 atom stereocenters. The van der Waals surface area contributed by atoms with Crippen LogP contribution in [0.1, 0.15) is 20.8 Å². The molecule has 0 aromatic heterocycles. The summed E-state index contributed by atoms with van der Waals surface area (Å²) < 4.78 is 5.88. The van der Waals surface area contributed by atoms with Crippen LogP contribution in [0, 0.1) is 0 Å². The van der Waals surface area contributed by atoms with Crippen LogP contribution in [0.5, 0.6) is 0 Å². The molecule has 0 fully saturated rings. The lowest BCUT2D eigenvalue weighted by molar-refractivity contribution is 0.130. The molecule has 0 spiro atoms. The summed E-state index contributed by atoms with van der Waals surface area (Å²) in [6, 6.07) is 0. The lowest BCUT2D eigenvalue weighted by Crippen LogP contribution is -2.45. The molecule has 0 aliphatic heterocycles. The second-order valence-electron chi connectivity index (χ2n) is 5.36. The highest BCUT2D eigenvalue weighted by molar-refractivity contribution is 6.74. The van der Waals surface area contributed by atoms with E-state index in [0.717, 1.165) is 5.01 Å². The van der Waals surface area contributed by atoms with E-state index in [1.807, 2.05) is 0 Å². The van der Waals surface area contributed by atoms with Crippen LogP contribution in [0.3, 0.4) is 0 Å². The number of nitrogens with zero attached hydrogens (tertiary/aromatic N) is 1. The molecule has 0 radical (unpaired) electrons. The van der Waals surface area contributed by atoms with Gasteiger partial charge in [-0.2, -0.15) is 0 Å². The van der Waals surface area contributed by atoms with Gasteiger partial charge in [0.15, 0.2) is 8.32 Å². The fourth-order valence-corrected chi connectivity index (χ4v) is 1.85. The summed E-state index contributed by atoms with van der Waals surface area (Å²) in [7, 11) is -0.243. The second kappa shape index (κ2) is 5.65. The van der Waals surface area contributed by atoms with Crippen molar-refractivity contribution >= 4 is 14.4 Å². The van der Waals surface area contributed by atoms with Crippen molar-refractivity contribution < 1.29 is 14.3 Å². The van der Waals surface area contributed by atoms with Gasteiger partial charge in [-0.1, -0.05) is 20.8 Å². The highest BCUT2D eigenvalue weighted by Gasteiger charge is 2.36. The zero-order valence-electron chi connectivity index (χ0n) is 11.1. The third-order valence-electron chi connectivity index (χ3n) is 3.01. The van der Waals surface area contributed by atoms with E-state index in [-0.39, 0.29) is 5.04 Å². The van der Waals surface area contributed by atoms with Crippen molar-refractivity contribution in [3.8, 4) is 0 Å². The van der Waals surface area contributed by atoms with E-state index in [9.17, 15) is 4.79 Å². The predicted molar refractivity (Wildman–Crippen MR) is 66.9 cm³/mol. The topological polar surface area (TPSA) is 61.8 Å². The number of rotatable bonds is 5. The highest BCUT2D eigenvalue weighted by Crippen LogP contribution is 2.36. The molecule has 5 nitrogen and oxygen atoms in total. The molecule has 0 saturated carbocycles. The molecular formula is C10H24N2O3Si. The van der Waals surface area contributed by atoms with Crippen molar-refractivity contribution in [3.05, 3.63) is 0 Å². The Labute approximate surface area is 98.9 Å². The Hall–Kier alpha value is -0.593. The van der Waals surface area contributed by atoms with Crippen LogP contribution in [-0.2, 0) is 4.43 Å². The number of hydrazine groups is 1. The van der Waals surface area contributed by atoms with E-state index in [1.54, 1.807) is 0 Å². The van der Waals surface area contributed by atoms with Crippen molar-refractivity contribution in [2.75, 3.05) is 20.2 Å². The molecule has 6 heteroatoms. The summed E-state index contributed by atoms with van der Waals surface area (Å²) >= 11 is 0. The number of hydrogen-bond donors (Lipinski definition) is 2. The van der Waals surface area contributed by atoms with Crippen molar-refractivity contribution in [2.45, 2.75) is 38.9 Å². The molecule has 16 heavy (non-hydrogen) atoms. The molecule has 96 valence electrons.